The number of rotatable bonds is 5. The van der Waals surface area contributed by atoms with Crippen LogP contribution in [-0.4, -0.2) is 17.1 Å². The Balaban J connectivity index is 1.97. The van der Waals surface area contributed by atoms with Crippen molar-refractivity contribution in [2.75, 3.05) is 17.3 Å². The lowest BCUT2D eigenvalue weighted by atomic mass is 10.2. The molecule has 0 fully saturated rings. The van der Waals surface area contributed by atoms with E-state index in [1.54, 1.807) is 13.2 Å². The SMILES string of the molecule is COc1ccc(CNc2cc(NCl)ncn2)cc1. The molecule has 5 nitrogen and oxygen atoms in total. The van der Waals surface area contributed by atoms with E-state index in [0.29, 0.717) is 18.2 Å². The predicted octanol–water partition coefficient (Wildman–Crippen LogP) is 2.66. The van der Waals surface area contributed by atoms with E-state index in [2.05, 4.69) is 20.1 Å². The zero-order valence-electron chi connectivity index (χ0n) is 9.85. The van der Waals surface area contributed by atoms with Crippen LogP contribution >= 0.6 is 11.8 Å². The van der Waals surface area contributed by atoms with E-state index in [1.807, 2.05) is 24.3 Å². The van der Waals surface area contributed by atoms with Crippen LogP contribution < -0.4 is 14.9 Å². The Morgan fingerprint density at radius 3 is 2.56 bits per heavy atom. The number of aromatic nitrogens is 2. The van der Waals surface area contributed by atoms with E-state index >= 15 is 0 Å². The second kappa shape index (κ2) is 6.07. The van der Waals surface area contributed by atoms with Crippen LogP contribution in [0, 0.1) is 0 Å². The van der Waals surface area contributed by atoms with E-state index in [0.717, 1.165) is 11.3 Å². The number of methoxy groups -OCH3 is 1. The molecule has 2 rings (SSSR count). The van der Waals surface area contributed by atoms with Crippen LogP contribution in [0.25, 0.3) is 0 Å². The van der Waals surface area contributed by atoms with Crippen molar-refractivity contribution >= 4 is 23.4 Å². The number of anilines is 2. The summed E-state index contributed by atoms with van der Waals surface area (Å²) in [6, 6.07) is 9.56. The number of hydrogen-bond donors (Lipinski definition) is 2. The third kappa shape index (κ3) is 3.24. The highest BCUT2D eigenvalue weighted by Crippen LogP contribution is 2.14. The molecule has 0 radical (unpaired) electrons. The average Bonchev–Trinajstić information content (AvgIpc) is 2.46. The normalized spacial score (nSPS) is 9.89. The van der Waals surface area contributed by atoms with Crippen LogP contribution in [0.1, 0.15) is 5.56 Å². The van der Waals surface area contributed by atoms with Gasteiger partial charge in [-0.25, -0.2) is 9.97 Å². The van der Waals surface area contributed by atoms with Gasteiger partial charge in [0.05, 0.1) is 7.11 Å². The predicted molar refractivity (Wildman–Crippen MR) is 71.8 cm³/mol. The van der Waals surface area contributed by atoms with Gasteiger partial charge in [0.1, 0.15) is 23.7 Å². The fraction of sp³-hybridized carbons (Fsp3) is 0.167. The quantitative estimate of drug-likeness (QED) is 0.813. The number of ether oxygens (including phenoxy) is 1. The average molecular weight is 265 g/mol. The third-order valence-electron chi connectivity index (χ3n) is 2.40. The zero-order valence-corrected chi connectivity index (χ0v) is 10.6. The second-order valence-corrected chi connectivity index (χ2v) is 3.77. The molecule has 0 aliphatic rings. The molecule has 0 unspecified atom stereocenters. The van der Waals surface area contributed by atoms with Crippen LogP contribution in [-0.2, 0) is 6.54 Å². The lowest BCUT2D eigenvalue weighted by Gasteiger charge is -2.07. The number of nitrogens with one attached hydrogen (secondary N) is 2. The maximum absolute atomic E-state index is 5.47. The molecule has 1 aromatic heterocycles. The van der Waals surface area contributed by atoms with Crippen molar-refractivity contribution in [3.63, 3.8) is 0 Å². The summed E-state index contributed by atoms with van der Waals surface area (Å²) in [4.78, 5) is 10.5. The molecule has 0 bridgehead atoms. The van der Waals surface area contributed by atoms with Crippen molar-refractivity contribution in [2.45, 2.75) is 6.54 Å². The summed E-state index contributed by atoms with van der Waals surface area (Å²) in [5.74, 6) is 2.11. The molecule has 0 amide bonds. The maximum atomic E-state index is 5.47. The second-order valence-electron chi connectivity index (χ2n) is 3.58. The molecule has 0 aliphatic carbocycles. The molecule has 0 atom stereocenters. The summed E-state index contributed by atoms with van der Waals surface area (Å²) < 4.78 is 5.10. The molecule has 2 N–H and O–H groups in total. The molecule has 18 heavy (non-hydrogen) atoms. The molecule has 0 aliphatic heterocycles. The van der Waals surface area contributed by atoms with Crippen LogP contribution in [0.15, 0.2) is 36.7 Å². The first-order chi connectivity index (χ1) is 8.81. The van der Waals surface area contributed by atoms with Crippen molar-refractivity contribution in [1.29, 1.82) is 0 Å². The van der Waals surface area contributed by atoms with Crippen molar-refractivity contribution in [3.05, 3.63) is 42.2 Å². The standard InChI is InChI=1S/C12H13ClN4O/c1-18-10-4-2-9(3-5-10)7-14-11-6-12(17-13)16-8-15-11/h2-6,8H,7H2,1H3,(H2,14,15,16,17). The van der Waals surface area contributed by atoms with Crippen molar-refractivity contribution in [1.82, 2.24) is 9.97 Å². The molecular weight excluding hydrogens is 252 g/mol. The smallest absolute Gasteiger partial charge is 0.145 e. The van der Waals surface area contributed by atoms with E-state index in [-0.39, 0.29) is 0 Å². The summed E-state index contributed by atoms with van der Waals surface area (Å²) >= 11 is 5.47. The summed E-state index contributed by atoms with van der Waals surface area (Å²) in [5, 5.41) is 3.18. The minimum atomic E-state index is 0.559. The van der Waals surface area contributed by atoms with Gasteiger partial charge in [0, 0.05) is 24.4 Å². The first-order valence-corrected chi connectivity index (χ1v) is 5.75. The Hall–Kier alpha value is -2.01. The van der Waals surface area contributed by atoms with Crippen LogP contribution in [0.3, 0.4) is 0 Å². The molecule has 0 spiro atoms. The van der Waals surface area contributed by atoms with Gasteiger partial charge in [-0.2, -0.15) is 0 Å². The van der Waals surface area contributed by atoms with Gasteiger partial charge >= 0.3 is 0 Å². The minimum Gasteiger partial charge on any atom is -0.497 e. The van der Waals surface area contributed by atoms with Crippen molar-refractivity contribution in [2.24, 2.45) is 0 Å². The highest BCUT2D eigenvalue weighted by Gasteiger charge is 1.98. The van der Waals surface area contributed by atoms with Gasteiger partial charge in [-0.05, 0) is 17.7 Å². The first kappa shape index (κ1) is 12.4. The van der Waals surface area contributed by atoms with Gasteiger partial charge in [-0.1, -0.05) is 12.1 Å². The van der Waals surface area contributed by atoms with Crippen LogP contribution in [0.5, 0.6) is 5.75 Å². The molecule has 2 aromatic rings. The highest BCUT2D eigenvalue weighted by molar-refractivity contribution is 6.23. The summed E-state index contributed by atoms with van der Waals surface area (Å²) in [7, 11) is 1.65. The fourth-order valence-electron chi connectivity index (χ4n) is 1.44. The number of benzene rings is 1. The topological polar surface area (TPSA) is 59.1 Å². The Morgan fingerprint density at radius 2 is 1.89 bits per heavy atom. The molecular formula is C12H13ClN4O. The Morgan fingerprint density at radius 1 is 1.17 bits per heavy atom. The molecule has 94 valence electrons. The summed E-state index contributed by atoms with van der Waals surface area (Å²) in [6.07, 6.45) is 1.45. The number of nitrogens with zero attached hydrogens (tertiary/aromatic N) is 2. The van der Waals surface area contributed by atoms with Gasteiger partial charge in [0.15, 0.2) is 0 Å². The molecule has 0 saturated heterocycles. The Labute approximate surface area is 110 Å². The largest absolute Gasteiger partial charge is 0.497 e. The molecule has 1 aromatic carbocycles. The summed E-state index contributed by atoms with van der Waals surface area (Å²) in [5.41, 5.74) is 1.13. The third-order valence-corrected chi connectivity index (χ3v) is 2.59. The number of hydrogen-bond acceptors (Lipinski definition) is 5. The van der Waals surface area contributed by atoms with Crippen molar-refractivity contribution < 1.29 is 4.74 Å². The lowest BCUT2D eigenvalue weighted by molar-refractivity contribution is 0.414. The lowest BCUT2D eigenvalue weighted by Crippen LogP contribution is -2.02. The van der Waals surface area contributed by atoms with Gasteiger partial charge in [-0.15, -0.1) is 0 Å². The maximum Gasteiger partial charge on any atom is 0.145 e. The highest BCUT2D eigenvalue weighted by atomic mass is 35.5. The van der Waals surface area contributed by atoms with Gasteiger partial charge < -0.3 is 10.1 Å². The van der Waals surface area contributed by atoms with Gasteiger partial charge in [0.2, 0.25) is 0 Å². The first-order valence-electron chi connectivity index (χ1n) is 5.37. The number of halogens is 1. The van der Waals surface area contributed by atoms with Gasteiger partial charge in [-0.3, -0.25) is 4.84 Å². The van der Waals surface area contributed by atoms with E-state index in [4.69, 9.17) is 16.5 Å². The summed E-state index contributed by atoms with van der Waals surface area (Å²) in [6.45, 7) is 0.669. The van der Waals surface area contributed by atoms with E-state index in [9.17, 15) is 0 Å². The molecule has 6 heteroatoms. The minimum absolute atomic E-state index is 0.559. The van der Waals surface area contributed by atoms with Crippen LogP contribution in [0.2, 0.25) is 0 Å². The van der Waals surface area contributed by atoms with Crippen LogP contribution in [0.4, 0.5) is 11.6 Å². The van der Waals surface area contributed by atoms with E-state index < -0.39 is 0 Å². The Bertz CT molecular complexity index is 504. The Kier molecular flexibility index (Phi) is 4.20. The monoisotopic (exact) mass is 264 g/mol. The van der Waals surface area contributed by atoms with E-state index in [1.165, 1.54) is 6.33 Å². The van der Waals surface area contributed by atoms with Gasteiger partial charge in [0.25, 0.3) is 0 Å². The fourth-order valence-corrected chi connectivity index (χ4v) is 1.55. The molecule has 0 saturated carbocycles. The van der Waals surface area contributed by atoms with Crippen molar-refractivity contribution in [3.8, 4) is 5.75 Å². The molecule has 1 heterocycles. The zero-order chi connectivity index (χ0) is 12.8.